The fraction of sp³-hybridized carbons (Fsp3) is 0.636. The van der Waals surface area contributed by atoms with E-state index in [4.69, 9.17) is 4.74 Å². The summed E-state index contributed by atoms with van der Waals surface area (Å²) in [7, 11) is -1.83. The number of hydrogen-bond donors (Lipinski definition) is 1. The number of aryl methyl sites for hydroxylation is 1. The van der Waals surface area contributed by atoms with Gasteiger partial charge in [0.1, 0.15) is 4.21 Å². The Labute approximate surface area is 126 Å². The van der Waals surface area contributed by atoms with E-state index in [9.17, 15) is 8.42 Å². The number of ether oxygens (including phenoxy) is 1. The Morgan fingerprint density at radius 3 is 2.89 bits per heavy atom. The van der Waals surface area contributed by atoms with Crippen molar-refractivity contribution in [1.82, 2.24) is 9.62 Å². The van der Waals surface area contributed by atoms with Crippen LogP contribution in [0.2, 0.25) is 0 Å². The van der Waals surface area contributed by atoms with Crippen LogP contribution in [0.3, 0.4) is 0 Å². The molecule has 2 rings (SSSR count). The summed E-state index contributed by atoms with van der Waals surface area (Å²) in [4.78, 5) is 0. The largest absolute Gasteiger partial charge is 0.374 e. The molecule has 0 radical (unpaired) electrons. The van der Waals surface area contributed by atoms with E-state index in [2.05, 4.69) is 21.2 Å². The molecule has 1 aromatic rings. The van der Waals surface area contributed by atoms with Gasteiger partial charge in [-0.15, -0.1) is 11.3 Å². The molecule has 0 aromatic carbocycles. The highest BCUT2D eigenvalue weighted by Crippen LogP contribution is 2.32. The molecule has 5 nitrogen and oxygen atoms in total. The van der Waals surface area contributed by atoms with Gasteiger partial charge >= 0.3 is 0 Å². The summed E-state index contributed by atoms with van der Waals surface area (Å²) in [5.74, 6) is 0. The summed E-state index contributed by atoms with van der Waals surface area (Å²) >= 11 is 4.60. The number of nitrogens with zero attached hydrogens (tertiary/aromatic N) is 1. The molecule has 19 heavy (non-hydrogen) atoms. The Bertz CT molecular complexity index is 519. The molecule has 8 heteroatoms. The number of morpholine rings is 1. The highest BCUT2D eigenvalue weighted by molar-refractivity contribution is 9.11. The van der Waals surface area contributed by atoms with Crippen molar-refractivity contribution >= 4 is 37.3 Å². The molecule has 0 bridgehead atoms. The van der Waals surface area contributed by atoms with E-state index in [1.807, 2.05) is 6.92 Å². The summed E-state index contributed by atoms with van der Waals surface area (Å²) < 4.78 is 32.9. The lowest BCUT2D eigenvalue weighted by Crippen LogP contribution is -2.45. The van der Waals surface area contributed by atoms with Crippen molar-refractivity contribution in [2.45, 2.75) is 17.2 Å². The minimum absolute atomic E-state index is 0.0852. The second-order valence-corrected chi connectivity index (χ2v) is 9.15. The van der Waals surface area contributed by atoms with E-state index < -0.39 is 10.0 Å². The molecule has 0 saturated carbocycles. The highest BCUT2D eigenvalue weighted by Gasteiger charge is 2.27. The molecule has 108 valence electrons. The number of nitrogens with one attached hydrogen (secondary N) is 1. The second-order valence-electron chi connectivity index (χ2n) is 4.50. The lowest BCUT2D eigenvalue weighted by atomic mass is 10.3. The van der Waals surface area contributed by atoms with Crippen molar-refractivity contribution in [1.29, 1.82) is 0 Å². The fourth-order valence-corrected chi connectivity index (χ4v) is 5.47. The first-order valence-corrected chi connectivity index (χ1v) is 9.01. The van der Waals surface area contributed by atoms with Gasteiger partial charge in [-0.3, -0.25) is 0 Å². The zero-order valence-corrected chi connectivity index (χ0v) is 14.1. The smallest absolute Gasteiger partial charge is 0.252 e. The molecule has 1 atom stereocenters. The Morgan fingerprint density at radius 2 is 2.37 bits per heavy atom. The Balaban J connectivity index is 2.10. The summed E-state index contributed by atoms with van der Waals surface area (Å²) in [6.45, 7) is 4.39. The van der Waals surface area contributed by atoms with Crippen LogP contribution in [0.15, 0.2) is 14.1 Å². The summed E-state index contributed by atoms with van der Waals surface area (Å²) in [5, 5.41) is 3.19. The normalized spacial score (nSPS) is 20.9. The number of sulfonamides is 1. The molecule has 2 heterocycles. The quantitative estimate of drug-likeness (QED) is 0.873. The average molecular weight is 369 g/mol. The van der Waals surface area contributed by atoms with Gasteiger partial charge in [-0.05, 0) is 34.5 Å². The molecule has 0 amide bonds. The SMILES string of the molecule is Cc1cc(S(=O)(=O)N(C)CC2CNCCO2)sc1Br. The predicted molar refractivity (Wildman–Crippen MR) is 79.2 cm³/mol. The molecular weight excluding hydrogens is 352 g/mol. The maximum atomic E-state index is 12.4. The zero-order chi connectivity index (χ0) is 14.0. The van der Waals surface area contributed by atoms with Gasteiger partial charge in [-0.2, -0.15) is 4.31 Å². The van der Waals surface area contributed by atoms with Crippen LogP contribution in [0.4, 0.5) is 0 Å². The van der Waals surface area contributed by atoms with Gasteiger partial charge in [0.05, 0.1) is 16.5 Å². The minimum Gasteiger partial charge on any atom is -0.374 e. The van der Waals surface area contributed by atoms with Crippen LogP contribution in [-0.4, -0.2) is 52.1 Å². The first kappa shape index (κ1) is 15.4. The van der Waals surface area contributed by atoms with Gasteiger partial charge in [0, 0.05) is 26.7 Å². The van der Waals surface area contributed by atoms with Crippen molar-refractivity contribution in [2.24, 2.45) is 0 Å². The fourth-order valence-electron chi connectivity index (χ4n) is 1.83. The van der Waals surface area contributed by atoms with Crippen LogP contribution in [0.1, 0.15) is 5.56 Å². The summed E-state index contributed by atoms with van der Waals surface area (Å²) in [6, 6.07) is 1.70. The third kappa shape index (κ3) is 3.56. The van der Waals surface area contributed by atoms with Gasteiger partial charge < -0.3 is 10.1 Å². The highest BCUT2D eigenvalue weighted by atomic mass is 79.9. The predicted octanol–water partition coefficient (Wildman–Crippen LogP) is 1.43. The topological polar surface area (TPSA) is 58.6 Å². The first-order valence-electron chi connectivity index (χ1n) is 5.96. The lowest BCUT2D eigenvalue weighted by Gasteiger charge is -2.27. The van der Waals surface area contributed by atoms with Crippen LogP contribution in [0.5, 0.6) is 0 Å². The number of thiophene rings is 1. The van der Waals surface area contributed by atoms with E-state index in [0.29, 0.717) is 23.9 Å². The van der Waals surface area contributed by atoms with Crippen molar-refractivity contribution < 1.29 is 13.2 Å². The number of halogens is 1. The monoisotopic (exact) mass is 368 g/mol. The molecule has 0 aliphatic carbocycles. The van der Waals surface area contributed by atoms with Crippen LogP contribution in [-0.2, 0) is 14.8 Å². The molecule has 1 unspecified atom stereocenters. The van der Waals surface area contributed by atoms with Gasteiger partial charge in [0.25, 0.3) is 10.0 Å². The van der Waals surface area contributed by atoms with Gasteiger partial charge in [0.2, 0.25) is 0 Å². The summed E-state index contributed by atoms with van der Waals surface area (Å²) in [6.07, 6.45) is -0.0852. The van der Waals surface area contributed by atoms with Gasteiger partial charge in [-0.25, -0.2) is 8.42 Å². The molecule has 1 N–H and O–H groups in total. The number of likely N-dealkylation sites (N-methyl/N-ethyl adjacent to an activating group) is 1. The maximum Gasteiger partial charge on any atom is 0.252 e. The lowest BCUT2D eigenvalue weighted by molar-refractivity contribution is 0.0206. The maximum absolute atomic E-state index is 12.4. The third-order valence-electron chi connectivity index (χ3n) is 2.96. The first-order chi connectivity index (χ1) is 8.91. The Kier molecular flexibility index (Phi) is 5.02. The third-order valence-corrected chi connectivity index (χ3v) is 7.37. The van der Waals surface area contributed by atoms with E-state index in [1.54, 1.807) is 13.1 Å². The Hall–Kier alpha value is 0.01000. The van der Waals surface area contributed by atoms with E-state index in [0.717, 1.165) is 15.9 Å². The second kappa shape index (κ2) is 6.19. The number of hydrogen-bond acceptors (Lipinski definition) is 5. The van der Waals surface area contributed by atoms with E-state index >= 15 is 0 Å². The average Bonchev–Trinajstić information content (AvgIpc) is 2.71. The van der Waals surface area contributed by atoms with Crippen molar-refractivity contribution in [3.63, 3.8) is 0 Å². The van der Waals surface area contributed by atoms with Crippen molar-refractivity contribution in [3.05, 3.63) is 15.4 Å². The molecule has 1 saturated heterocycles. The molecular formula is C11H17BrN2O3S2. The van der Waals surface area contributed by atoms with E-state index in [1.165, 1.54) is 15.6 Å². The van der Waals surface area contributed by atoms with Crippen molar-refractivity contribution in [2.75, 3.05) is 33.3 Å². The standard InChI is InChI=1S/C11H17BrN2O3S2/c1-8-5-10(18-11(8)12)19(15,16)14(2)7-9-6-13-3-4-17-9/h5,9,13H,3-4,6-7H2,1-2H3. The van der Waals surface area contributed by atoms with Gasteiger partial charge in [-0.1, -0.05) is 0 Å². The molecule has 0 spiro atoms. The Morgan fingerprint density at radius 1 is 1.63 bits per heavy atom. The summed E-state index contributed by atoms with van der Waals surface area (Å²) in [5.41, 5.74) is 0.938. The molecule has 1 aromatic heterocycles. The van der Waals surface area contributed by atoms with Crippen LogP contribution < -0.4 is 5.32 Å². The zero-order valence-electron chi connectivity index (χ0n) is 10.8. The van der Waals surface area contributed by atoms with Crippen LogP contribution in [0.25, 0.3) is 0 Å². The van der Waals surface area contributed by atoms with Crippen LogP contribution >= 0.6 is 27.3 Å². The van der Waals surface area contributed by atoms with E-state index in [-0.39, 0.29) is 6.10 Å². The van der Waals surface area contributed by atoms with Crippen molar-refractivity contribution in [3.8, 4) is 0 Å². The number of rotatable bonds is 4. The van der Waals surface area contributed by atoms with Gasteiger partial charge in [0.15, 0.2) is 0 Å². The molecule has 1 aliphatic rings. The minimum atomic E-state index is -3.43. The van der Waals surface area contributed by atoms with Crippen LogP contribution in [0, 0.1) is 6.92 Å². The molecule has 1 aliphatic heterocycles. The molecule has 1 fully saturated rings.